The van der Waals surface area contributed by atoms with Crippen molar-refractivity contribution >= 4 is 17.3 Å². The van der Waals surface area contributed by atoms with Crippen LogP contribution in [0.2, 0.25) is 0 Å². The molecule has 130 valence electrons. The highest BCUT2D eigenvalue weighted by Crippen LogP contribution is 2.15. The van der Waals surface area contributed by atoms with Gasteiger partial charge in [0, 0.05) is 17.7 Å². The number of hydrogen-bond donors (Lipinski definition) is 1. The van der Waals surface area contributed by atoms with E-state index in [-0.39, 0.29) is 17.4 Å². The molecule has 0 unspecified atom stereocenters. The van der Waals surface area contributed by atoms with E-state index >= 15 is 0 Å². The first-order valence-corrected chi connectivity index (χ1v) is 7.73. The minimum Gasteiger partial charge on any atom is -0.491 e. The molecular formula is C18H19N3O4. The van der Waals surface area contributed by atoms with Crippen LogP contribution in [0.25, 0.3) is 0 Å². The van der Waals surface area contributed by atoms with Gasteiger partial charge >= 0.3 is 0 Å². The summed E-state index contributed by atoms with van der Waals surface area (Å²) in [6.45, 7) is 5.65. The molecule has 1 N–H and O–H groups in total. The maximum atomic E-state index is 12.1. The van der Waals surface area contributed by atoms with Crippen LogP contribution in [0.4, 0.5) is 5.69 Å². The van der Waals surface area contributed by atoms with Crippen LogP contribution in [0.3, 0.4) is 0 Å². The van der Waals surface area contributed by atoms with Gasteiger partial charge in [-0.05, 0) is 56.7 Å². The summed E-state index contributed by atoms with van der Waals surface area (Å²) in [6, 6.07) is 12.8. The highest BCUT2D eigenvalue weighted by Gasteiger charge is 2.11. The Morgan fingerprint density at radius 2 is 1.84 bits per heavy atom. The molecule has 0 saturated heterocycles. The normalized spacial score (nSPS) is 11.3. The van der Waals surface area contributed by atoms with Crippen LogP contribution in [0.5, 0.6) is 5.75 Å². The number of hydrazone groups is 1. The molecule has 2 aromatic carbocycles. The Morgan fingerprint density at radius 3 is 2.44 bits per heavy atom. The highest BCUT2D eigenvalue weighted by atomic mass is 16.6. The van der Waals surface area contributed by atoms with Gasteiger partial charge in [0.1, 0.15) is 5.75 Å². The monoisotopic (exact) mass is 341 g/mol. The number of nitrogens with one attached hydrogen (secondary N) is 1. The minimum atomic E-state index is -0.550. The number of carbonyl (C=O) groups is 1. The molecule has 0 spiro atoms. The van der Waals surface area contributed by atoms with Crippen molar-refractivity contribution in [2.45, 2.75) is 26.9 Å². The van der Waals surface area contributed by atoms with Gasteiger partial charge in [0.2, 0.25) is 0 Å². The molecule has 0 radical (unpaired) electrons. The molecule has 7 heteroatoms. The van der Waals surface area contributed by atoms with E-state index in [2.05, 4.69) is 10.5 Å². The summed E-state index contributed by atoms with van der Waals surface area (Å²) in [6.07, 6.45) is 0.0924. The molecule has 2 rings (SSSR count). The number of hydrogen-bond acceptors (Lipinski definition) is 5. The van der Waals surface area contributed by atoms with Crippen LogP contribution >= 0.6 is 0 Å². The molecule has 25 heavy (non-hydrogen) atoms. The first-order valence-electron chi connectivity index (χ1n) is 7.73. The average molecular weight is 341 g/mol. The molecule has 7 nitrogen and oxygen atoms in total. The summed E-state index contributed by atoms with van der Waals surface area (Å²) in [5.41, 5.74) is 3.87. The van der Waals surface area contributed by atoms with Crippen LogP contribution in [-0.4, -0.2) is 22.6 Å². The van der Waals surface area contributed by atoms with Crippen LogP contribution in [0.1, 0.15) is 36.7 Å². The number of carbonyl (C=O) groups excluding carboxylic acids is 1. The Kier molecular flexibility index (Phi) is 5.84. The molecule has 0 aromatic heterocycles. The van der Waals surface area contributed by atoms with E-state index in [0.717, 1.165) is 11.3 Å². The Balaban J connectivity index is 2.06. The maximum absolute atomic E-state index is 12.1. The summed E-state index contributed by atoms with van der Waals surface area (Å²) < 4.78 is 5.57. The number of amides is 1. The van der Waals surface area contributed by atoms with Gasteiger partial charge < -0.3 is 4.74 Å². The van der Waals surface area contributed by atoms with Gasteiger partial charge in [-0.3, -0.25) is 14.9 Å². The summed E-state index contributed by atoms with van der Waals surface area (Å²) in [4.78, 5) is 22.3. The molecule has 0 aliphatic rings. The van der Waals surface area contributed by atoms with Gasteiger partial charge in [0.05, 0.1) is 16.7 Å². The molecule has 0 aliphatic heterocycles. The molecule has 2 aromatic rings. The Labute approximate surface area is 145 Å². The molecule has 0 saturated carbocycles. The zero-order valence-corrected chi connectivity index (χ0v) is 14.2. The minimum absolute atomic E-state index is 0.0924. The lowest BCUT2D eigenvalue weighted by Gasteiger charge is -2.10. The number of nitro benzene ring substituents is 1. The number of nitrogens with zero attached hydrogens (tertiary/aromatic N) is 2. The molecule has 0 aliphatic carbocycles. The number of nitro groups is 1. The average Bonchev–Trinajstić information content (AvgIpc) is 2.59. The molecule has 0 heterocycles. The maximum Gasteiger partial charge on any atom is 0.271 e. The lowest BCUT2D eigenvalue weighted by molar-refractivity contribution is -0.384. The van der Waals surface area contributed by atoms with Crippen molar-refractivity contribution in [3.63, 3.8) is 0 Å². The Morgan fingerprint density at radius 1 is 1.16 bits per heavy atom. The van der Waals surface area contributed by atoms with E-state index in [0.29, 0.717) is 5.71 Å². The van der Waals surface area contributed by atoms with Crippen LogP contribution in [-0.2, 0) is 0 Å². The SMILES string of the molecule is C/C(=N/NC(=O)c1cccc([N+](=O)[O-])c1)c1ccc(OC(C)C)cc1. The second-order valence-corrected chi connectivity index (χ2v) is 5.64. The summed E-state index contributed by atoms with van der Waals surface area (Å²) in [7, 11) is 0. The van der Waals surface area contributed by atoms with Crippen molar-refractivity contribution in [1.29, 1.82) is 0 Å². The summed E-state index contributed by atoms with van der Waals surface area (Å²) >= 11 is 0. The van der Waals surface area contributed by atoms with Crippen LogP contribution < -0.4 is 10.2 Å². The molecular weight excluding hydrogens is 322 g/mol. The molecule has 0 fully saturated rings. The second kappa shape index (κ2) is 8.05. The number of benzene rings is 2. The fourth-order valence-corrected chi connectivity index (χ4v) is 2.07. The zero-order chi connectivity index (χ0) is 18.4. The second-order valence-electron chi connectivity index (χ2n) is 5.64. The standard InChI is InChI=1S/C18H19N3O4/c1-12(2)25-17-9-7-14(8-10-17)13(3)19-20-18(22)15-5-4-6-16(11-15)21(23)24/h4-12H,1-3H3,(H,20,22)/b19-13-. The number of non-ortho nitro benzene ring substituents is 1. The Bertz CT molecular complexity index is 798. The first-order chi connectivity index (χ1) is 11.9. The van der Waals surface area contributed by atoms with Crippen LogP contribution in [0, 0.1) is 10.1 Å². The lowest BCUT2D eigenvalue weighted by atomic mass is 10.1. The van der Waals surface area contributed by atoms with Crippen molar-refractivity contribution in [3.8, 4) is 5.75 Å². The predicted octanol–water partition coefficient (Wildman–Crippen LogP) is 3.54. The molecule has 1 amide bonds. The van der Waals surface area contributed by atoms with Crippen molar-refractivity contribution in [2.24, 2.45) is 5.10 Å². The van der Waals surface area contributed by atoms with Crippen molar-refractivity contribution in [1.82, 2.24) is 5.43 Å². The van der Waals surface area contributed by atoms with E-state index in [4.69, 9.17) is 4.74 Å². The van der Waals surface area contributed by atoms with E-state index in [9.17, 15) is 14.9 Å². The third kappa shape index (κ3) is 5.13. The van der Waals surface area contributed by atoms with E-state index < -0.39 is 10.8 Å². The number of ether oxygens (including phenoxy) is 1. The molecule has 0 atom stereocenters. The summed E-state index contributed by atoms with van der Waals surface area (Å²) in [5.74, 6) is 0.245. The zero-order valence-electron chi connectivity index (χ0n) is 14.2. The van der Waals surface area contributed by atoms with Crippen LogP contribution in [0.15, 0.2) is 53.6 Å². The highest BCUT2D eigenvalue weighted by molar-refractivity contribution is 6.01. The van der Waals surface area contributed by atoms with Gasteiger partial charge in [-0.15, -0.1) is 0 Å². The van der Waals surface area contributed by atoms with E-state index in [1.54, 1.807) is 6.92 Å². The largest absolute Gasteiger partial charge is 0.491 e. The Hall–Kier alpha value is -3.22. The molecule has 0 bridgehead atoms. The third-order valence-corrected chi connectivity index (χ3v) is 3.29. The fourth-order valence-electron chi connectivity index (χ4n) is 2.07. The smallest absolute Gasteiger partial charge is 0.271 e. The summed E-state index contributed by atoms with van der Waals surface area (Å²) in [5, 5.41) is 14.8. The van der Waals surface area contributed by atoms with Crippen molar-refractivity contribution in [3.05, 3.63) is 69.8 Å². The van der Waals surface area contributed by atoms with Gasteiger partial charge in [0.25, 0.3) is 11.6 Å². The lowest BCUT2D eigenvalue weighted by Crippen LogP contribution is -2.19. The van der Waals surface area contributed by atoms with Gasteiger partial charge in [-0.2, -0.15) is 5.10 Å². The quantitative estimate of drug-likeness (QED) is 0.494. The predicted molar refractivity (Wildman–Crippen MR) is 95.0 cm³/mol. The van der Waals surface area contributed by atoms with E-state index in [1.165, 1.54) is 24.3 Å². The number of rotatable bonds is 6. The fraction of sp³-hybridized carbons (Fsp3) is 0.222. The third-order valence-electron chi connectivity index (χ3n) is 3.29. The topological polar surface area (TPSA) is 93.8 Å². The van der Waals surface area contributed by atoms with Crippen molar-refractivity contribution in [2.75, 3.05) is 0 Å². The van der Waals surface area contributed by atoms with Gasteiger partial charge in [0.15, 0.2) is 0 Å². The van der Waals surface area contributed by atoms with E-state index in [1.807, 2.05) is 38.1 Å². The first kappa shape index (κ1) is 18.1. The van der Waals surface area contributed by atoms with Crippen molar-refractivity contribution < 1.29 is 14.5 Å². The van der Waals surface area contributed by atoms with Gasteiger partial charge in [-0.1, -0.05) is 6.07 Å². The van der Waals surface area contributed by atoms with Gasteiger partial charge in [-0.25, -0.2) is 5.43 Å².